The number of anilines is 1. The normalized spacial score (nSPS) is 11.2. The minimum Gasteiger partial charge on any atom is -0.373 e. The van der Waals surface area contributed by atoms with E-state index in [1.165, 1.54) is 18.2 Å². The van der Waals surface area contributed by atoms with E-state index in [4.69, 9.17) is 5.73 Å². The summed E-state index contributed by atoms with van der Waals surface area (Å²) in [6.07, 6.45) is -3.91. The lowest BCUT2D eigenvalue weighted by Gasteiger charge is -2.08. The first-order valence-corrected chi connectivity index (χ1v) is 8.24. The van der Waals surface area contributed by atoms with Crippen LogP contribution in [0.15, 0.2) is 48.7 Å². The number of alkyl halides is 3. The Morgan fingerprint density at radius 3 is 2.21 bits per heavy atom. The molecule has 0 aliphatic carbocycles. The van der Waals surface area contributed by atoms with Gasteiger partial charge in [-0.1, -0.05) is 24.3 Å². The molecule has 1 aromatic carbocycles. The van der Waals surface area contributed by atoms with Gasteiger partial charge >= 0.3 is 6.18 Å². The maximum absolute atomic E-state index is 12.6. The highest BCUT2D eigenvalue weighted by Gasteiger charge is 2.31. The topological polar surface area (TPSA) is 111 Å². The molecule has 2 heterocycles. The fraction of sp³-hybridized carbons (Fsp3) is 0.105. The molecule has 0 aliphatic heterocycles. The van der Waals surface area contributed by atoms with Gasteiger partial charge in [0.25, 0.3) is 5.91 Å². The van der Waals surface area contributed by atoms with Crippen LogP contribution >= 0.6 is 0 Å². The molecule has 0 saturated carbocycles. The van der Waals surface area contributed by atoms with Gasteiger partial charge < -0.3 is 11.1 Å². The van der Waals surface area contributed by atoms with Gasteiger partial charge in [0.1, 0.15) is 17.2 Å². The van der Waals surface area contributed by atoms with Crippen molar-refractivity contribution in [3.63, 3.8) is 0 Å². The Kier molecular flexibility index (Phi) is 5.26. The quantitative estimate of drug-likeness (QED) is 0.636. The van der Waals surface area contributed by atoms with Crippen LogP contribution < -0.4 is 11.1 Å². The van der Waals surface area contributed by atoms with Gasteiger partial charge in [-0.25, -0.2) is 9.97 Å². The highest BCUT2D eigenvalue weighted by molar-refractivity contribution is 6.07. The van der Waals surface area contributed by atoms with E-state index in [0.717, 1.165) is 12.1 Å². The number of hydrogen-bond acceptors (Lipinski definition) is 6. The van der Waals surface area contributed by atoms with Gasteiger partial charge in [0, 0.05) is 30.4 Å². The van der Waals surface area contributed by atoms with Crippen LogP contribution in [0.3, 0.4) is 0 Å². The third kappa shape index (κ3) is 4.37. The number of carbonyl (C=O) groups excluding carboxylic acids is 2. The Morgan fingerprint density at radius 1 is 1.00 bits per heavy atom. The predicted octanol–water partition coefficient (Wildman–Crippen LogP) is 2.93. The SMILES string of the molecule is CNc1cc(C(N)=O)nc(-c2ccc(C(=O)c3ccc(C(F)(F)F)cn3)cc2)n1. The molecule has 0 saturated heterocycles. The molecule has 1 amide bonds. The molecule has 3 rings (SSSR count). The van der Waals surface area contributed by atoms with Crippen LogP contribution in [0.2, 0.25) is 0 Å². The minimum atomic E-state index is -4.53. The van der Waals surface area contributed by atoms with Crippen LogP contribution in [-0.2, 0) is 6.18 Å². The fourth-order valence-corrected chi connectivity index (χ4v) is 2.45. The summed E-state index contributed by atoms with van der Waals surface area (Å²) in [7, 11) is 1.62. The Labute approximate surface area is 162 Å². The number of amides is 1. The number of halogens is 3. The first-order valence-electron chi connectivity index (χ1n) is 8.24. The van der Waals surface area contributed by atoms with Crippen LogP contribution in [0.25, 0.3) is 11.4 Å². The lowest BCUT2D eigenvalue weighted by molar-refractivity contribution is -0.137. The molecule has 0 unspecified atom stereocenters. The second-order valence-electron chi connectivity index (χ2n) is 5.91. The molecule has 0 atom stereocenters. The van der Waals surface area contributed by atoms with Crippen molar-refractivity contribution in [3.8, 4) is 11.4 Å². The molecular formula is C19H14F3N5O2. The summed E-state index contributed by atoms with van der Waals surface area (Å²) in [6, 6.07) is 9.27. The number of rotatable bonds is 5. The summed E-state index contributed by atoms with van der Waals surface area (Å²) in [4.78, 5) is 35.8. The summed E-state index contributed by atoms with van der Waals surface area (Å²) in [6.45, 7) is 0. The van der Waals surface area contributed by atoms with E-state index >= 15 is 0 Å². The number of nitrogens with one attached hydrogen (secondary N) is 1. The molecule has 0 radical (unpaired) electrons. The van der Waals surface area contributed by atoms with E-state index in [1.807, 2.05) is 0 Å². The fourth-order valence-electron chi connectivity index (χ4n) is 2.45. The zero-order chi connectivity index (χ0) is 21.2. The minimum absolute atomic E-state index is 0.0217. The largest absolute Gasteiger partial charge is 0.417 e. The van der Waals surface area contributed by atoms with E-state index in [0.29, 0.717) is 17.6 Å². The van der Waals surface area contributed by atoms with Crippen molar-refractivity contribution in [2.24, 2.45) is 5.73 Å². The third-order valence-electron chi connectivity index (χ3n) is 3.96. The molecule has 2 aromatic heterocycles. The summed E-state index contributed by atoms with van der Waals surface area (Å²) >= 11 is 0. The van der Waals surface area contributed by atoms with Gasteiger partial charge in [-0.3, -0.25) is 14.6 Å². The van der Waals surface area contributed by atoms with Gasteiger partial charge in [0.2, 0.25) is 5.78 Å². The number of hydrogen-bond donors (Lipinski definition) is 2. The molecule has 3 N–H and O–H groups in total. The molecule has 3 aromatic rings. The Balaban J connectivity index is 1.88. The first kappa shape index (κ1) is 19.9. The van der Waals surface area contributed by atoms with Crippen LogP contribution in [0.4, 0.5) is 19.0 Å². The molecule has 7 nitrogen and oxygen atoms in total. The summed E-state index contributed by atoms with van der Waals surface area (Å²) in [5.74, 6) is -0.645. The zero-order valence-electron chi connectivity index (χ0n) is 15.0. The number of nitrogens with zero attached hydrogens (tertiary/aromatic N) is 3. The average molecular weight is 401 g/mol. The van der Waals surface area contributed by atoms with E-state index in [1.54, 1.807) is 19.2 Å². The van der Waals surface area contributed by atoms with Gasteiger partial charge in [0.15, 0.2) is 5.82 Å². The molecule has 0 aliphatic rings. The van der Waals surface area contributed by atoms with Gasteiger partial charge in [-0.15, -0.1) is 0 Å². The Hall–Kier alpha value is -3.82. The van der Waals surface area contributed by atoms with Crippen LogP contribution in [0, 0.1) is 0 Å². The van der Waals surface area contributed by atoms with Gasteiger partial charge in [-0.2, -0.15) is 13.2 Å². The van der Waals surface area contributed by atoms with Crippen molar-refractivity contribution in [2.75, 3.05) is 12.4 Å². The van der Waals surface area contributed by atoms with Gasteiger partial charge in [0.05, 0.1) is 5.56 Å². The third-order valence-corrected chi connectivity index (χ3v) is 3.96. The number of nitrogens with two attached hydrogens (primary N) is 1. The smallest absolute Gasteiger partial charge is 0.373 e. The number of ketones is 1. The lowest BCUT2D eigenvalue weighted by atomic mass is 10.0. The van der Waals surface area contributed by atoms with Crippen LogP contribution in [0.1, 0.15) is 32.1 Å². The summed E-state index contributed by atoms with van der Waals surface area (Å²) in [5.41, 5.74) is 4.98. The molecule has 10 heteroatoms. The lowest BCUT2D eigenvalue weighted by Crippen LogP contribution is -2.14. The van der Waals surface area contributed by atoms with E-state index in [9.17, 15) is 22.8 Å². The number of aromatic nitrogens is 3. The highest BCUT2D eigenvalue weighted by atomic mass is 19.4. The predicted molar refractivity (Wildman–Crippen MR) is 98.2 cm³/mol. The van der Waals surface area contributed by atoms with E-state index < -0.39 is 23.4 Å². The first-order chi connectivity index (χ1) is 13.7. The molecule has 0 bridgehead atoms. The molecular weight excluding hydrogens is 387 g/mol. The average Bonchev–Trinajstić information content (AvgIpc) is 2.72. The van der Waals surface area contributed by atoms with Crippen molar-refractivity contribution >= 4 is 17.5 Å². The van der Waals surface area contributed by atoms with E-state index in [-0.39, 0.29) is 22.8 Å². The number of carbonyl (C=O) groups is 2. The number of pyridine rings is 1. The number of benzene rings is 1. The Morgan fingerprint density at radius 2 is 1.69 bits per heavy atom. The van der Waals surface area contributed by atoms with Crippen molar-refractivity contribution < 1.29 is 22.8 Å². The van der Waals surface area contributed by atoms with Crippen LogP contribution in [-0.4, -0.2) is 33.7 Å². The van der Waals surface area contributed by atoms with Crippen molar-refractivity contribution in [1.82, 2.24) is 15.0 Å². The summed E-state index contributed by atoms with van der Waals surface area (Å²) < 4.78 is 37.8. The molecule has 29 heavy (non-hydrogen) atoms. The van der Waals surface area contributed by atoms with Crippen molar-refractivity contribution in [2.45, 2.75) is 6.18 Å². The van der Waals surface area contributed by atoms with Gasteiger partial charge in [-0.05, 0) is 12.1 Å². The van der Waals surface area contributed by atoms with E-state index in [2.05, 4.69) is 20.3 Å². The number of primary amides is 1. The maximum Gasteiger partial charge on any atom is 0.417 e. The van der Waals surface area contributed by atoms with Crippen molar-refractivity contribution in [1.29, 1.82) is 0 Å². The second kappa shape index (κ2) is 7.66. The van der Waals surface area contributed by atoms with Crippen molar-refractivity contribution in [3.05, 3.63) is 71.2 Å². The highest BCUT2D eigenvalue weighted by Crippen LogP contribution is 2.28. The summed E-state index contributed by atoms with van der Waals surface area (Å²) in [5, 5.41) is 2.80. The molecule has 148 valence electrons. The monoisotopic (exact) mass is 401 g/mol. The molecule has 0 fully saturated rings. The molecule has 0 spiro atoms. The zero-order valence-corrected chi connectivity index (χ0v) is 15.0. The second-order valence-corrected chi connectivity index (χ2v) is 5.91. The standard InChI is InChI=1S/C19H14F3N5O2/c1-24-15-8-14(17(23)29)26-18(27-15)11-4-2-10(3-5-11)16(28)13-7-6-12(9-25-13)19(20,21)22/h2-9H,1H3,(H2,23,29)(H,24,26,27). The van der Waals surface area contributed by atoms with Crippen LogP contribution in [0.5, 0.6) is 0 Å². The Bertz CT molecular complexity index is 1060. The maximum atomic E-state index is 12.6.